The molecular formula is C13H18N2O3. The molecule has 0 unspecified atom stereocenters. The first-order chi connectivity index (χ1) is 8.69. The fourth-order valence-electron chi connectivity index (χ4n) is 1.66. The van der Waals surface area contributed by atoms with Gasteiger partial charge in [0.15, 0.2) is 11.5 Å². The summed E-state index contributed by atoms with van der Waals surface area (Å²) >= 11 is 0. The summed E-state index contributed by atoms with van der Waals surface area (Å²) in [5.74, 6) is 0.590. The van der Waals surface area contributed by atoms with Crippen LogP contribution >= 0.6 is 0 Å². The monoisotopic (exact) mass is 250 g/mol. The first-order valence-corrected chi connectivity index (χ1v) is 6.05. The van der Waals surface area contributed by atoms with Gasteiger partial charge >= 0.3 is 0 Å². The molecule has 1 saturated carbocycles. The third-order valence-corrected chi connectivity index (χ3v) is 2.80. The van der Waals surface area contributed by atoms with Crippen LogP contribution in [0, 0.1) is 0 Å². The Morgan fingerprint density at radius 3 is 2.94 bits per heavy atom. The van der Waals surface area contributed by atoms with E-state index in [-0.39, 0.29) is 11.7 Å². The molecule has 1 fully saturated rings. The van der Waals surface area contributed by atoms with Gasteiger partial charge in [0.25, 0.3) is 0 Å². The fraction of sp³-hybridized carbons (Fsp3) is 0.462. The van der Waals surface area contributed by atoms with E-state index in [1.807, 2.05) is 0 Å². The van der Waals surface area contributed by atoms with Crippen LogP contribution in [-0.2, 0) is 11.3 Å². The highest BCUT2D eigenvalue weighted by atomic mass is 16.5. The number of methoxy groups -OCH3 is 1. The van der Waals surface area contributed by atoms with Crippen LogP contribution in [-0.4, -0.2) is 30.7 Å². The normalized spacial score (nSPS) is 14.3. The maximum absolute atomic E-state index is 11.4. The summed E-state index contributed by atoms with van der Waals surface area (Å²) in [7, 11) is 1.51. The van der Waals surface area contributed by atoms with E-state index in [9.17, 15) is 9.90 Å². The number of rotatable bonds is 6. The molecule has 0 atom stereocenters. The molecule has 0 radical (unpaired) electrons. The highest BCUT2D eigenvalue weighted by molar-refractivity contribution is 5.78. The van der Waals surface area contributed by atoms with Gasteiger partial charge in [-0.25, -0.2) is 0 Å². The molecule has 5 heteroatoms. The number of carbonyl (C=O) groups is 1. The topological polar surface area (TPSA) is 70.6 Å². The van der Waals surface area contributed by atoms with Crippen molar-refractivity contribution >= 4 is 5.91 Å². The van der Waals surface area contributed by atoms with Crippen LogP contribution in [0.25, 0.3) is 0 Å². The molecule has 0 heterocycles. The average molecular weight is 250 g/mol. The zero-order valence-electron chi connectivity index (χ0n) is 10.4. The van der Waals surface area contributed by atoms with Gasteiger partial charge in [0.1, 0.15) is 0 Å². The lowest BCUT2D eigenvalue weighted by atomic mass is 10.2. The number of nitrogens with one attached hydrogen (secondary N) is 2. The van der Waals surface area contributed by atoms with E-state index < -0.39 is 0 Å². The molecule has 1 aliphatic rings. The summed E-state index contributed by atoms with van der Waals surface area (Å²) in [6.45, 7) is 0.869. The summed E-state index contributed by atoms with van der Waals surface area (Å²) in [5.41, 5.74) is 0.962. The van der Waals surface area contributed by atoms with Crippen molar-refractivity contribution in [3.63, 3.8) is 0 Å². The molecule has 1 aromatic carbocycles. The number of hydrogen-bond donors (Lipinski definition) is 3. The standard InChI is InChI=1S/C13H18N2O3/c1-18-12-6-9(2-5-11(12)16)7-14-8-13(17)15-10-3-4-10/h2,5-6,10,14,16H,3-4,7-8H2,1H3,(H,15,17). The Bertz CT molecular complexity index is 430. The number of amides is 1. The quantitative estimate of drug-likeness (QED) is 0.697. The van der Waals surface area contributed by atoms with E-state index in [4.69, 9.17) is 4.74 Å². The van der Waals surface area contributed by atoms with Gasteiger partial charge in [-0.2, -0.15) is 0 Å². The summed E-state index contributed by atoms with van der Waals surface area (Å²) in [5, 5.41) is 15.4. The van der Waals surface area contributed by atoms with Crippen LogP contribution in [0.4, 0.5) is 0 Å². The maximum atomic E-state index is 11.4. The van der Waals surface area contributed by atoms with Crippen molar-refractivity contribution in [1.29, 1.82) is 0 Å². The molecule has 0 spiro atoms. The van der Waals surface area contributed by atoms with Crippen LogP contribution in [0.15, 0.2) is 18.2 Å². The lowest BCUT2D eigenvalue weighted by molar-refractivity contribution is -0.120. The van der Waals surface area contributed by atoms with Crippen molar-refractivity contribution in [1.82, 2.24) is 10.6 Å². The largest absolute Gasteiger partial charge is 0.504 e. The number of phenols is 1. The molecule has 2 rings (SSSR count). The van der Waals surface area contributed by atoms with E-state index in [0.29, 0.717) is 24.9 Å². The third-order valence-electron chi connectivity index (χ3n) is 2.80. The second kappa shape index (κ2) is 5.73. The summed E-state index contributed by atoms with van der Waals surface area (Å²) in [6, 6.07) is 5.53. The SMILES string of the molecule is COc1cc(CNCC(=O)NC2CC2)ccc1O. The van der Waals surface area contributed by atoms with Crippen molar-refractivity contribution in [2.75, 3.05) is 13.7 Å². The van der Waals surface area contributed by atoms with E-state index in [1.54, 1.807) is 18.2 Å². The first kappa shape index (κ1) is 12.7. The minimum atomic E-state index is 0.0308. The predicted octanol–water partition coefficient (Wildman–Crippen LogP) is 0.769. The molecular weight excluding hydrogens is 232 g/mol. The van der Waals surface area contributed by atoms with Gasteiger partial charge in [0.05, 0.1) is 13.7 Å². The number of aromatic hydroxyl groups is 1. The van der Waals surface area contributed by atoms with Gasteiger partial charge in [-0.05, 0) is 30.5 Å². The highest BCUT2D eigenvalue weighted by Gasteiger charge is 2.22. The van der Waals surface area contributed by atoms with E-state index in [0.717, 1.165) is 18.4 Å². The molecule has 0 aliphatic heterocycles. The van der Waals surface area contributed by atoms with Crippen molar-refractivity contribution in [3.8, 4) is 11.5 Å². The van der Waals surface area contributed by atoms with Crippen LogP contribution < -0.4 is 15.4 Å². The molecule has 1 amide bonds. The second-order valence-corrected chi connectivity index (χ2v) is 4.45. The number of ether oxygens (including phenoxy) is 1. The van der Waals surface area contributed by atoms with Gasteiger partial charge in [-0.15, -0.1) is 0 Å². The Morgan fingerprint density at radius 2 is 2.28 bits per heavy atom. The molecule has 0 aromatic heterocycles. The molecule has 18 heavy (non-hydrogen) atoms. The maximum Gasteiger partial charge on any atom is 0.234 e. The third kappa shape index (κ3) is 3.63. The number of hydrogen-bond acceptors (Lipinski definition) is 4. The zero-order valence-corrected chi connectivity index (χ0v) is 10.4. The molecule has 1 aliphatic carbocycles. The van der Waals surface area contributed by atoms with Gasteiger partial charge in [-0.1, -0.05) is 6.07 Å². The Morgan fingerprint density at radius 1 is 1.50 bits per heavy atom. The minimum absolute atomic E-state index is 0.0308. The summed E-state index contributed by atoms with van der Waals surface area (Å²) < 4.78 is 5.02. The van der Waals surface area contributed by atoms with Crippen molar-refractivity contribution < 1.29 is 14.6 Å². The lowest BCUT2D eigenvalue weighted by Gasteiger charge is -2.08. The Kier molecular flexibility index (Phi) is 4.04. The second-order valence-electron chi connectivity index (χ2n) is 4.45. The average Bonchev–Trinajstić information content (AvgIpc) is 3.15. The smallest absolute Gasteiger partial charge is 0.234 e. The van der Waals surface area contributed by atoms with Gasteiger partial charge < -0.3 is 20.5 Å². The Labute approximate surface area is 106 Å². The summed E-state index contributed by atoms with van der Waals surface area (Å²) in [6.07, 6.45) is 2.20. The molecule has 5 nitrogen and oxygen atoms in total. The molecule has 0 saturated heterocycles. The van der Waals surface area contributed by atoms with Crippen LogP contribution in [0.5, 0.6) is 11.5 Å². The van der Waals surface area contributed by atoms with Gasteiger partial charge in [0.2, 0.25) is 5.91 Å². The first-order valence-electron chi connectivity index (χ1n) is 6.05. The number of carbonyl (C=O) groups excluding carboxylic acids is 1. The number of benzene rings is 1. The van der Waals surface area contributed by atoms with E-state index in [2.05, 4.69) is 10.6 Å². The highest BCUT2D eigenvalue weighted by Crippen LogP contribution is 2.26. The molecule has 1 aromatic rings. The lowest BCUT2D eigenvalue weighted by Crippen LogP contribution is -2.34. The molecule has 0 bridgehead atoms. The van der Waals surface area contributed by atoms with Crippen LogP contribution in [0.3, 0.4) is 0 Å². The predicted molar refractivity (Wildman–Crippen MR) is 67.5 cm³/mol. The number of phenolic OH excluding ortho intramolecular Hbond substituents is 1. The van der Waals surface area contributed by atoms with Crippen molar-refractivity contribution in [3.05, 3.63) is 23.8 Å². The van der Waals surface area contributed by atoms with E-state index in [1.165, 1.54) is 7.11 Å². The van der Waals surface area contributed by atoms with Gasteiger partial charge in [0, 0.05) is 12.6 Å². The summed E-state index contributed by atoms with van der Waals surface area (Å²) in [4.78, 5) is 11.4. The van der Waals surface area contributed by atoms with Gasteiger partial charge in [-0.3, -0.25) is 4.79 Å². The Balaban J connectivity index is 1.76. The van der Waals surface area contributed by atoms with Crippen LogP contribution in [0.2, 0.25) is 0 Å². The van der Waals surface area contributed by atoms with E-state index >= 15 is 0 Å². The van der Waals surface area contributed by atoms with Crippen LogP contribution in [0.1, 0.15) is 18.4 Å². The zero-order chi connectivity index (χ0) is 13.0. The van der Waals surface area contributed by atoms with Crippen molar-refractivity contribution in [2.24, 2.45) is 0 Å². The molecule has 3 N–H and O–H groups in total. The Hall–Kier alpha value is -1.75. The van der Waals surface area contributed by atoms with Crippen molar-refractivity contribution in [2.45, 2.75) is 25.4 Å². The fourth-order valence-corrected chi connectivity index (χ4v) is 1.66. The molecule has 98 valence electrons. The minimum Gasteiger partial charge on any atom is -0.504 e.